The molecule has 1 fully saturated rings. The maximum Gasteiger partial charge on any atom is 0.162 e. The summed E-state index contributed by atoms with van der Waals surface area (Å²) in [5.74, 6) is 1.03. The van der Waals surface area contributed by atoms with E-state index in [1.807, 2.05) is 0 Å². The number of hydrogen-bond donors (Lipinski definition) is 0. The van der Waals surface area contributed by atoms with Crippen LogP contribution in [0.5, 0.6) is 5.75 Å². The summed E-state index contributed by atoms with van der Waals surface area (Å²) in [5, 5.41) is 2.58. The third kappa shape index (κ3) is 2.82. The predicted molar refractivity (Wildman–Crippen MR) is 108 cm³/mol. The van der Waals surface area contributed by atoms with E-state index < -0.39 is 0 Å². The molecule has 27 heavy (non-hydrogen) atoms. The highest BCUT2D eigenvalue weighted by Crippen LogP contribution is 2.44. The Morgan fingerprint density at radius 2 is 1.63 bits per heavy atom. The molecule has 2 aliphatic rings. The van der Waals surface area contributed by atoms with Gasteiger partial charge < -0.3 is 9.47 Å². The summed E-state index contributed by atoms with van der Waals surface area (Å²) in [6.07, 6.45) is 0.980. The Morgan fingerprint density at radius 3 is 2.44 bits per heavy atom. The molecule has 2 heterocycles. The van der Waals surface area contributed by atoms with Crippen LogP contribution in [0, 0.1) is 0 Å². The zero-order valence-corrected chi connectivity index (χ0v) is 15.7. The van der Waals surface area contributed by atoms with Crippen LogP contribution in [0.3, 0.4) is 0 Å². The number of benzene rings is 3. The van der Waals surface area contributed by atoms with Crippen LogP contribution in [-0.4, -0.2) is 37.4 Å². The highest BCUT2D eigenvalue weighted by atomic mass is 16.5. The maximum absolute atomic E-state index is 6.72. The molecule has 0 aliphatic carbocycles. The van der Waals surface area contributed by atoms with E-state index in [1.54, 1.807) is 0 Å². The fourth-order valence-electron chi connectivity index (χ4n) is 4.67. The van der Waals surface area contributed by atoms with Gasteiger partial charge in [0, 0.05) is 24.1 Å². The van der Waals surface area contributed by atoms with Crippen LogP contribution < -0.4 is 4.74 Å². The lowest BCUT2D eigenvalue weighted by atomic mass is 9.72. The van der Waals surface area contributed by atoms with Crippen LogP contribution in [0.4, 0.5) is 0 Å². The van der Waals surface area contributed by atoms with Gasteiger partial charge in [-0.1, -0.05) is 67.6 Å². The minimum Gasteiger partial charge on any atom is -0.474 e. The summed E-state index contributed by atoms with van der Waals surface area (Å²) >= 11 is 0. The maximum atomic E-state index is 6.72. The van der Waals surface area contributed by atoms with Gasteiger partial charge in [0.1, 0.15) is 5.75 Å². The smallest absolute Gasteiger partial charge is 0.162 e. The lowest BCUT2D eigenvalue weighted by Gasteiger charge is -2.48. The Labute approximate surface area is 160 Å². The van der Waals surface area contributed by atoms with E-state index in [0.29, 0.717) is 0 Å². The molecule has 2 atom stereocenters. The summed E-state index contributed by atoms with van der Waals surface area (Å²) < 4.78 is 12.3. The van der Waals surface area contributed by atoms with Crippen molar-refractivity contribution in [2.24, 2.45) is 0 Å². The minimum absolute atomic E-state index is 0.0115. The van der Waals surface area contributed by atoms with Crippen LogP contribution >= 0.6 is 0 Å². The lowest BCUT2D eigenvalue weighted by molar-refractivity contribution is -0.0861. The second-order valence-electron chi connectivity index (χ2n) is 7.84. The van der Waals surface area contributed by atoms with Gasteiger partial charge in [-0.3, -0.25) is 4.90 Å². The molecule has 3 aromatic rings. The molecule has 3 heteroatoms. The number of rotatable bonds is 2. The normalized spacial score (nSPS) is 25.7. The predicted octanol–water partition coefficient (Wildman–Crippen LogP) is 4.39. The summed E-state index contributed by atoms with van der Waals surface area (Å²) in [6.45, 7) is 5.73. The Hall–Kier alpha value is -2.36. The van der Waals surface area contributed by atoms with Gasteiger partial charge in [-0.25, -0.2) is 0 Å². The first-order valence-corrected chi connectivity index (χ1v) is 9.80. The van der Waals surface area contributed by atoms with Gasteiger partial charge >= 0.3 is 0 Å². The van der Waals surface area contributed by atoms with Gasteiger partial charge in [0.2, 0.25) is 0 Å². The van der Waals surface area contributed by atoms with E-state index in [0.717, 1.165) is 38.5 Å². The largest absolute Gasteiger partial charge is 0.474 e. The number of morpholine rings is 1. The van der Waals surface area contributed by atoms with Crippen LogP contribution in [0.15, 0.2) is 66.7 Å². The summed E-state index contributed by atoms with van der Waals surface area (Å²) in [5.41, 5.74) is 2.54. The Morgan fingerprint density at radius 1 is 0.889 bits per heavy atom. The molecule has 0 N–H and O–H groups in total. The molecular formula is C24H25NO2. The van der Waals surface area contributed by atoms with Gasteiger partial charge in [0.05, 0.1) is 13.2 Å². The van der Waals surface area contributed by atoms with Gasteiger partial charge in [-0.05, 0) is 28.8 Å². The van der Waals surface area contributed by atoms with Gasteiger partial charge in [0.15, 0.2) is 6.23 Å². The number of fused-ring (bicyclic) bond motifs is 3. The molecule has 2 aliphatic heterocycles. The van der Waals surface area contributed by atoms with Gasteiger partial charge in [0.25, 0.3) is 0 Å². The van der Waals surface area contributed by atoms with Crippen LogP contribution in [0.2, 0.25) is 0 Å². The monoisotopic (exact) mass is 359 g/mol. The van der Waals surface area contributed by atoms with E-state index in [2.05, 4.69) is 78.6 Å². The average molecular weight is 359 g/mol. The molecule has 138 valence electrons. The second-order valence-corrected chi connectivity index (χ2v) is 7.84. The standard InChI is InChI=1S/C24H25NO2/c1-24(19-8-3-2-4-9-19)17-21-20-10-6-5-7-18(20)11-12-22(21)27-23(24)25-13-15-26-16-14-25/h2-12,23H,13-17H2,1H3. The SMILES string of the molecule is CC1(c2ccccc2)Cc2c(ccc3ccccc23)OC1N1CCOCC1. The summed E-state index contributed by atoms with van der Waals surface area (Å²) in [7, 11) is 0. The molecule has 0 amide bonds. The Kier molecular flexibility index (Phi) is 4.14. The molecule has 3 nitrogen and oxygen atoms in total. The van der Waals surface area contributed by atoms with Crippen molar-refractivity contribution in [3.8, 4) is 5.75 Å². The van der Waals surface area contributed by atoms with Crippen LogP contribution in [0.25, 0.3) is 10.8 Å². The van der Waals surface area contributed by atoms with Crippen molar-refractivity contribution in [1.82, 2.24) is 4.90 Å². The first kappa shape index (κ1) is 16.8. The first-order valence-electron chi connectivity index (χ1n) is 9.80. The first-order chi connectivity index (χ1) is 13.3. The number of ether oxygens (including phenoxy) is 2. The Bertz CT molecular complexity index is 949. The third-order valence-corrected chi connectivity index (χ3v) is 6.14. The molecule has 0 spiro atoms. The zero-order chi connectivity index (χ0) is 18.3. The minimum atomic E-state index is -0.115. The second kappa shape index (κ2) is 6.66. The molecule has 1 saturated heterocycles. The third-order valence-electron chi connectivity index (χ3n) is 6.14. The highest BCUT2D eigenvalue weighted by molar-refractivity contribution is 5.88. The molecule has 2 unspecified atom stereocenters. The zero-order valence-electron chi connectivity index (χ0n) is 15.7. The van der Waals surface area contributed by atoms with Crippen molar-refractivity contribution in [2.45, 2.75) is 25.0 Å². The van der Waals surface area contributed by atoms with E-state index in [-0.39, 0.29) is 11.6 Å². The molecule has 0 radical (unpaired) electrons. The van der Waals surface area contributed by atoms with Crippen molar-refractivity contribution in [3.05, 3.63) is 77.9 Å². The van der Waals surface area contributed by atoms with Crippen LogP contribution in [-0.2, 0) is 16.6 Å². The van der Waals surface area contributed by atoms with Crippen molar-refractivity contribution in [3.63, 3.8) is 0 Å². The quantitative estimate of drug-likeness (QED) is 0.677. The molecule has 5 rings (SSSR count). The van der Waals surface area contributed by atoms with Crippen molar-refractivity contribution in [2.75, 3.05) is 26.3 Å². The molecule has 0 saturated carbocycles. The van der Waals surface area contributed by atoms with Gasteiger partial charge in [-0.15, -0.1) is 0 Å². The highest BCUT2D eigenvalue weighted by Gasteiger charge is 2.45. The van der Waals surface area contributed by atoms with Crippen molar-refractivity contribution >= 4 is 10.8 Å². The van der Waals surface area contributed by atoms with E-state index in [4.69, 9.17) is 9.47 Å². The fourth-order valence-corrected chi connectivity index (χ4v) is 4.67. The molecule has 0 bridgehead atoms. The molecule has 0 aromatic heterocycles. The van der Waals surface area contributed by atoms with E-state index in [1.165, 1.54) is 21.9 Å². The Balaban J connectivity index is 1.66. The summed E-state index contributed by atoms with van der Waals surface area (Å²) in [4.78, 5) is 2.45. The van der Waals surface area contributed by atoms with Crippen molar-refractivity contribution < 1.29 is 9.47 Å². The number of hydrogen-bond acceptors (Lipinski definition) is 3. The van der Waals surface area contributed by atoms with Gasteiger partial charge in [-0.2, -0.15) is 0 Å². The fraction of sp³-hybridized carbons (Fsp3) is 0.333. The molecule has 3 aromatic carbocycles. The van der Waals surface area contributed by atoms with E-state index in [9.17, 15) is 0 Å². The van der Waals surface area contributed by atoms with Crippen molar-refractivity contribution in [1.29, 1.82) is 0 Å². The average Bonchev–Trinajstić information content (AvgIpc) is 2.74. The van der Waals surface area contributed by atoms with Crippen LogP contribution in [0.1, 0.15) is 18.1 Å². The number of nitrogens with zero attached hydrogens (tertiary/aromatic N) is 1. The topological polar surface area (TPSA) is 21.7 Å². The molecular weight excluding hydrogens is 334 g/mol. The lowest BCUT2D eigenvalue weighted by Crippen LogP contribution is -2.58. The summed E-state index contributed by atoms with van der Waals surface area (Å²) in [6, 6.07) is 23.8. The van der Waals surface area contributed by atoms with E-state index >= 15 is 0 Å².